The lowest BCUT2D eigenvalue weighted by molar-refractivity contribution is -0.486. The molecule has 1 fully saturated rings. The number of hydrogen-bond donors (Lipinski definition) is 1. The van der Waals surface area contributed by atoms with E-state index in [1.54, 1.807) is 12.2 Å². The van der Waals surface area contributed by atoms with Crippen LogP contribution in [0.15, 0.2) is 24.3 Å². The molecule has 2 rings (SSSR count). The van der Waals surface area contributed by atoms with Crippen LogP contribution in [0, 0.1) is 0 Å². The minimum Gasteiger partial charge on any atom is -0.178 e. The molecule has 1 N–H and O–H groups in total. The summed E-state index contributed by atoms with van der Waals surface area (Å²) in [5, 5.41) is 3.06. The lowest BCUT2D eigenvalue weighted by Crippen LogP contribution is -2.61. The normalized spacial score (nSPS) is 18.5. The number of hydroxylamine groups is 1. The van der Waals surface area contributed by atoms with Gasteiger partial charge in [-0.3, -0.25) is 0 Å². The van der Waals surface area contributed by atoms with E-state index in [4.69, 9.17) is 4.94 Å². The zero-order valence-corrected chi connectivity index (χ0v) is 8.45. The molecule has 0 aliphatic carbocycles. The van der Waals surface area contributed by atoms with Crippen molar-refractivity contribution in [2.75, 3.05) is 7.05 Å². The molecule has 1 aromatic rings. The molecule has 7 heteroatoms. The number of alkyl halides is 3. The van der Waals surface area contributed by atoms with Crippen LogP contribution in [-0.2, 0) is 17.7 Å². The van der Waals surface area contributed by atoms with Gasteiger partial charge < -0.3 is 0 Å². The second-order valence-electron chi connectivity index (χ2n) is 3.40. The van der Waals surface area contributed by atoms with E-state index in [2.05, 4.69) is 5.59 Å². The third-order valence-electron chi connectivity index (χ3n) is 2.23. The predicted molar refractivity (Wildman–Crippen MR) is 49.0 cm³/mol. The highest BCUT2D eigenvalue weighted by molar-refractivity contribution is 5.24. The van der Waals surface area contributed by atoms with Gasteiger partial charge in [0.2, 0.25) is 0 Å². The lowest BCUT2D eigenvalue weighted by atomic mass is 10.1. The number of nitrogens with one attached hydrogen (secondary N) is 1. The number of hydrazine groups is 2. The highest BCUT2D eigenvalue weighted by Gasteiger charge is 2.30. The SMILES string of the molecule is CN1ONN1Cc1ccc(C(F)(F)F)cc1. The molecule has 16 heavy (non-hydrogen) atoms. The first-order valence-electron chi connectivity index (χ1n) is 4.57. The van der Waals surface area contributed by atoms with Crippen molar-refractivity contribution in [2.45, 2.75) is 12.7 Å². The summed E-state index contributed by atoms with van der Waals surface area (Å²) >= 11 is 0. The van der Waals surface area contributed by atoms with Gasteiger partial charge in [0.1, 0.15) is 0 Å². The molecule has 88 valence electrons. The highest BCUT2D eigenvalue weighted by atomic mass is 19.4. The molecule has 0 amide bonds. The van der Waals surface area contributed by atoms with Gasteiger partial charge in [-0.25, -0.2) is 0 Å². The van der Waals surface area contributed by atoms with Crippen LogP contribution < -0.4 is 5.59 Å². The third kappa shape index (κ3) is 2.33. The second-order valence-corrected chi connectivity index (χ2v) is 3.40. The summed E-state index contributed by atoms with van der Waals surface area (Å²) in [5.74, 6) is 0. The van der Waals surface area contributed by atoms with Crippen LogP contribution in [0.5, 0.6) is 0 Å². The molecule has 1 saturated heterocycles. The Morgan fingerprint density at radius 1 is 1.25 bits per heavy atom. The lowest BCUT2D eigenvalue weighted by Gasteiger charge is -2.38. The van der Waals surface area contributed by atoms with E-state index in [1.807, 2.05) is 0 Å². The maximum absolute atomic E-state index is 12.3. The molecular formula is C9H10F3N3O. The van der Waals surface area contributed by atoms with E-state index in [9.17, 15) is 13.2 Å². The zero-order chi connectivity index (χ0) is 11.8. The van der Waals surface area contributed by atoms with E-state index in [1.165, 1.54) is 17.3 Å². The molecule has 0 aromatic heterocycles. The van der Waals surface area contributed by atoms with Crippen LogP contribution in [0.4, 0.5) is 13.2 Å². The summed E-state index contributed by atoms with van der Waals surface area (Å²) in [6.45, 7) is 0.439. The average molecular weight is 233 g/mol. The first kappa shape index (κ1) is 11.3. The van der Waals surface area contributed by atoms with Crippen LogP contribution in [0.25, 0.3) is 0 Å². The highest BCUT2D eigenvalue weighted by Crippen LogP contribution is 2.29. The molecule has 1 aromatic carbocycles. The maximum Gasteiger partial charge on any atom is 0.416 e. The summed E-state index contributed by atoms with van der Waals surface area (Å²) < 4.78 is 36.8. The zero-order valence-electron chi connectivity index (χ0n) is 8.45. The van der Waals surface area contributed by atoms with Crippen molar-refractivity contribution in [3.05, 3.63) is 35.4 Å². The minimum absolute atomic E-state index is 0.439. The molecule has 1 aliphatic heterocycles. The first-order chi connectivity index (χ1) is 7.47. The van der Waals surface area contributed by atoms with Crippen LogP contribution in [0.1, 0.15) is 11.1 Å². The molecule has 0 spiro atoms. The van der Waals surface area contributed by atoms with Crippen LogP contribution >= 0.6 is 0 Å². The van der Waals surface area contributed by atoms with Gasteiger partial charge in [0.15, 0.2) is 0 Å². The Morgan fingerprint density at radius 3 is 2.25 bits per heavy atom. The molecule has 0 bridgehead atoms. The Balaban J connectivity index is 2.02. The Bertz CT molecular complexity index is 365. The Labute approximate surface area is 90.0 Å². The predicted octanol–water partition coefficient (Wildman–Crippen LogP) is 1.72. The quantitative estimate of drug-likeness (QED) is 0.841. The van der Waals surface area contributed by atoms with E-state index in [-0.39, 0.29) is 0 Å². The number of hydrogen-bond acceptors (Lipinski definition) is 4. The van der Waals surface area contributed by atoms with Crippen molar-refractivity contribution >= 4 is 0 Å². The molecule has 4 nitrogen and oxygen atoms in total. The summed E-state index contributed by atoms with van der Waals surface area (Å²) in [7, 11) is 1.68. The summed E-state index contributed by atoms with van der Waals surface area (Å²) in [6, 6.07) is 5.01. The van der Waals surface area contributed by atoms with Crippen molar-refractivity contribution in [3.8, 4) is 0 Å². The Hall–Kier alpha value is -1.15. The van der Waals surface area contributed by atoms with Gasteiger partial charge in [0.05, 0.1) is 12.1 Å². The molecule has 0 unspecified atom stereocenters. The molecule has 0 saturated carbocycles. The maximum atomic E-state index is 12.3. The fraction of sp³-hybridized carbons (Fsp3) is 0.333. The largest absolute Gasteiger partial charge is 0.416 e. The first-order valence-corrected chi connectivity index (χ1v) is 4.57. The van der Waals surface area contributed by atoms with Crippen molar-refractivity contribution < 1.29 is 18.1 Å². The van der Waals surface area contributed by atoms with Gasteiger partial charge in [0.25, 0.3) is 0 Å². The summed E-state index contributed by atoms with van der Waals surface area (Å²) in [5.41, 5.74) is 2.64. The molecule has 0 radical (unpaired) electrons. The Kier molecular flexibility index (Phi) is 2.85. The topological polar surface area (TPSA) is 27.7 Å². The van der Waals surface area contributed by atoms with Gasteiger partial charge in [0, 0.05) is 7.05 Å². The number of rotatable bonds is 2. The number of benzene rings is 1. The van der Waals surface area contributed by atoms with Gasteiger partial charge in [-0.2, -0.15) is 18.1 Å². The van der Waals surface area contributed by atoms with E-state index in [0.29, 0.717) is 6.54 Å². The summed E-state index contributed by atoms with van der Waals surface area (Å²) in [4.78, 5) is 4.72. The Morgan fingerprint density at radius 2 is 1.88 bits per heavy atom. The third-order valence-corrected chi connectivity index (χ3v) is 2.23. The van der Waals surface area contributed by atoms with Gasteiger partial charge >= 0.3 is 6.18 Å². The standard InChI is InChI=1S/C9H10F3N3O/c1-14-15(13-16-14)6-7-2-4-8(5-3-7)9(10,11)12/h2-5,13H,6H2,1H3. The van der Waals surface area contributed by atoms with Crippen molar-refractivity contribution in [3.63, 3.8) is 0 Å². The van der Waals surface area contributed by atoms with Crippen LogP contribution in [0.3, 0.4) is 0 Å². The molecule has 0 atom stereocenters. The van der Waals surface area contributed by atoms with Crippen LogP contribution in [-0.4, -0.2) is 17.3 Å². The van der Waals surface area contributed by atoms with Gasteiger partial charge in [-0.1, -0.05) is 22.9 Å². The molecule has 1 aliphatic rings. The average Bonchev–Trinajstić information content (AvgIpc) is 2.23. The van der Waals surface area contributed by atoms with E-state index < -0.39 is 11.7 Å². The monoisotopic (exact) mass is 233 g/mol. The summed E-state index contributed by atoms with van der Waals surface area (Å²) in [6.07, 6.45) is -4.28. The van der Waals surface area contributed by atoms with Gasteiger partial charge in [-0.05, 0) is 17.7 Å². The molecule has 1 heterocycles. The van der Waals surface area contributed by atoms with E-state index in [0.717, 1.165) is 17.7 Å². The number of halogens is 3. The van der Waals surface area contributed by atoms with E-state index >= 15 is 0 Å². The second kappa shape index (κ2) is 4.02. The smallest absolute Gasteiger partial charge is 0.178 e. The fourth-order valence-electron chi connectivity index (χ4n) is 1.28. The van der Waals surface area contributed by atoms with Crippen molar-refractivity contribution in [2.24, 2.45) is 0 Å². The fourth-order valence-corrected chi connectivity index (χ4v) is 1.28. The van der Waals surface area contributed by atoms with Gasteiger partial charge in [-0.15, -0.1) is 5.12 Å². The minimum atomic E-state index is -4.28. The molecular weight excluding hydrogens is 223 g/mol. The number of nitrogens with zero attached hydrogens (tertiary/aromatic N) is 2. The van der Waals surface area contributed by atoms with Crippen molar-refractivity contribution in [1.29, 1.82) is 0 Å². The van der Waals surface area contributed by atoms with Crippen LogP contribution in [0.2, 0.25) is 0 Å². The van der Waals surface area contributed by atoms with Crippen molar-refractivity contribution in [1.82, 2.24) is 15.9 Å².